The third kappa shape index (κ3) is 2.37. The summed E-state index contributed by atoms with van der Waals surface area (Å²) in [5.41, 5.74) is 0.258. The molecule has 2 unspecified atom stereocenters. The first-order valence-corrected chi connectivity index (χ1v) is 6.78. The van der Waals surface area contributed by atoms with Gasteiger partial charge in [-0.2, -0.15) is 0 Å². The van der Waals surface area contributed by atoms with Crippen LogP contribution < -0.4 is 0 Å². The molecule has 0 aromatic heterocycles. The van der Waals surface area contributed by atoms with Crippen molar-refractivity contribution in [2.45, 2.75) is 45.4 Å². The highest BCUT2D eigenvalue weighted by molar-refractivity contribution is 6.20. The van der Waals surface area contributed by atoms with Crippen molar-refractivity contribution in [2.75, 3.05) is 13.1 Å². The van der Waals surface area contributed by atoms with E-state index >= 15 is 0 Å². The Labute approximate surface area is 103 Å². The molecule has 0 radical (unpaired) electrons. The fourth-order valence-corrected chi connectivity index (χ4v) is 2.94. The molecule has 1 aliphatic heterocycles. The Kier molecular flexibility index (Phi) is 3.22. The molecule has 0 bridgehead atoms. The lowest BCUT2D eigenvalue weighted by atomic mass is 9.93. The van der Waals surface area contributed by atoms with E-state index in [2.05, 4.69) is 25.7 Å². The highest BCUT2D eigenvalue weighted by atomic mass is 35.5. The maximum absolute atomic E-state index is 12.1. The number of piperidine rings is 1. The Morgan fingerprint density at radius 2 is 1.88 bits per heavy atom. The summed E-state index contributed by atoms with van der Waals surface area (Å²) in [4.78, 5) is 14.2. The molecule has 1 saturated carbocycles. The molecule has 16 heavy (non-hydrogen) atoms. The van der Waals surface area contributed by atoms with Crippen LogP contribution in [-0.4, -0.2) is 29.3 Å². The predicted molar refractivity (Wildman–Crippen MR) is 66.5 cm³/mol. The van der Waals surface area contributed by atoms with Crippen molar-refractivity contribution in [2.24, 2.45) is 17.3 Å². The van der Waals surface area contributed by atoms with Crippen LogP contribution in [0.25, 0.3) is 0 Å². The Morgan fingerprint density at radius 3 is 2.25 bits per heavy atom. The number of hydrogen-bond donors (Lipinski definition) is 0. The van der Waals surface area contributed by atoms with Crippen molar-refractivity contribution < 1.29 is 4.79 Å². The van der Waals surface area contributed by atoms with Gasteiger partial charge in [-0.25, -0.2) is 0 Å². The van der Waals surface area contributed by atoms with Crippen molar-refractivity contribution in [3.63, 3.8) is 0 Å². The Hall–Kier alpha value is -0.240. The Bertz CT molecular complexity index is 280. The maximum Gasteiger partial charge on any atom is 0.226 e. The van der Waals surface area contributed by atoms with Crippen LogP contribution in [0.3, 0.4) is 0 Å². The molecular formula is C13H22ClNO. The van der Waals surface area contributed by atoms with Crippen LogP contribution in [0.15, 0.2) is 0 Å². The molecule has 0 spiro atoms. The van der Waals surface area contributed by atoms with E-state index in [9.17, 15) is 4.79 Å². The van der Waals surface area contributed by atoms with E-state index in [0.717, 1.165) is 32.4 Å². The highest BCUT2D eigenvalue weighted by Crippen LogP contribution is 2.52. The number of alkyl halides is 1. The summed E-state index contributed by atoms with van der Waals surface area (Å²) in [5, 5.41) is 0.245. The van der Waals surface area contributed by atoms with Gasteiger partial charge in [0.05, 0.1) is 0 Å². The van der Waals surface area contributed by atoms with Gasteiger partial charge in [0, 0.05) is 24.4 Å². The molecule has 2 atom stereocenters. The average molecular weight is 244 g/mol. The fraction of sp³-hybridized carbons (Fsp3) is 0.923. The molecule has 1 aliphatic carbocycles. The first-order chi connectivity index (χ1) is 7.42. The van der Waals surface area contributed by atoms with E-state index in [0.29, 0.717) is 11.8 Å². The SMILES string of the molecule is CC(Cl)C1CCN(C(=O)C2CC2(C)C)CC1. The van der Waals surface area contributed by atoms with E-state index in [1.807, 2.05) is 0 Å². The molecule has 1 heterocycles. The van der Waals surface area contributed by atoms with Crippen LogP contribution in [-0.2, 0) is 4.79 Å². The van der Waals surface area contributed by atoms with Gasteiger partial charge in [-0.15, -0.1) is 11.6 Å². The number of amides is 1. The largest absolute Gasteiger partial charge is 0.342 e. The topological polar surface area (TPSA) is 20.3 Å². The molecule has 1 amide bonds. The Morgan fingerprint density at radius 1 is 1.38 bits per heavy atom. The smallest absolute Gasteiger partial charge is 0.226 e. The molecular weight excluding hydrogens is 222 g/mol. The third-order valence-electron chi connectivity index (χ3n) is 4.31. The third-order valence-corrected chi connectivity index (χ3v) is 4.67. The molecule has 1 saturated heterocycles. The monoisotopic (exact) mass is 243 g/mol. The average Bonchev–Trinajstić information content (AvgIpc) is 2.87. The van der Waals surface area contributed by atoms with Crippen molar-refractivity contribution in [3.05, 3.63) is 0 Å². The molecule has 2 aliphatic rings. The van der Waals surface area contributed by atoms with Crippen molar-refractivity contribution >= 4 is 17.5 Å². The summed E-state index contributed by atoms with van der Waals surface area (Å²) in [6.45, 7) is 8.25. The summed E-state index contributed by atoms with van der Waals surface area (Å²) < 4.78 is 0. The fourth-order valence-electron chi connectivity index (χ4n) is 2.69. The van der Waals surface area contributed by atoms with Crippen LogP contribution in [0.5, 0.6) is 0 Å². The number of hydrogen-bond acceptors (Lipinski definition) is 1. The van der Waals surface area contributed by atoms with Crippen molar-refractivity contribution in [3.8, 4) is 0 Å². The van der Waals surface area contributed by atoms with Gasteiger partial charge in [0.1, 0.15) is 0 Å². The lowest BCUT2D eigenvalue weighted by Crippen LogP contribution is -2.41. The predicted octanol–water partition coefficient (Wildman–Crippen LogP) is 2.90. The number of likely N-dealkylation sites (tertiary alicyclic amines) is 1. The lowest BCUT2D eigenvalue weighted by molar-refractivity contribution is -0.134. The van der Waals surface area contributed by atoms with Gasteiger partial charge in [-0.05, 0) is 37.5 Å². The van der Waals surface area contributed by atoms with Crippen molar-refractivity contribution in [1.82, 2.24) is 4.90 Å². The number of nitrogens with zero attached hydrogens (tertiary/aromatic N) is 1. The normalized spacial score (nSPS) is 31.2. The van der Waals surface area contributed by atoms with Gasteiger partial charge in [-0.1, -0.05) is 13.8 Å². The van der Waals surface area contributed by atoms with E-state index in [4.69, 9.17) is 11.6 Å². The van der Waals surface area contributed by atoms with Gasteiger partial charge in [0.15, 0.2) is 0 Å². The van der Waals surface area contributed by atoms with Crippen LogP contribution in [0.2, 0.25) is 0 Å². The highest BCUT2D eigenvalue weighted by Gasteiger charge is 2.52. The molecule has 3 heteroatoms. The number of carbonyl (C=O) groups excluding carboxylic acids is 1. The van der Waals surface area contributed by atoms with Gasteiger partial charge in [-0.3, -0.25) is 4.79 Å². The van der Waals surface area contributed by atoms with Crippen molar-refractivity contribution in [1.29, 1.82) is 0 Å². The second-order valence-corrected chi connectivity index (χ2v) is 6.77. The summed E-state index contributed by atoms with van der Waals surface area (Å²) in [5.74, 6) is 1.26. The summed E-state index contributed by atoms with van der Waals surface area (Å²) in [6.07, 6.45) is 3.21. The summed E-state index contributed by atoms with van der Waals surface area (Å²) >= 11 is 6.10. The lowest BCUT2D eigenvalue weighted by Gasteiger charge is -2.33. The second-order valence-electron chi connectivity index (χ2n) is 6.09. The number of halogens is 1. The van der Waals surface area contributed by atoms with Crippen LogP contribution >= 0.6 is 11.6 Å². The molecule has 0 N–H and O–H groups in total. The first kappa shape index (κ1) is 12.2. The first-order valence-electron chi connectivity index (χ1n) is 6.34. The Balaban J connectivity index is 1.83. The van der Waals surface area contributed by atoms with E-state index in [1.165, 1.54) is 0 Å². The zero-order chi connectivity index (χ0) is 11.9. The molecule has 2 nitrogen and oxygen atoms in total. The van der Waals surface area contributed by atoms with E-state index in [1.54, 1.807) is 0 Å². The quantitative estimate of drug-likeness (QED) is 0.683. The standard InChI is InChI=1S/C13H22ClNO/c1-9(14)10-4-6-15(7-5-10)12(16)11-8-13(11,2)3/h9-11H,4-8H2,1-3H3. The molecule has 92 valence electrons. The van der Waals surface area contributed by atoms with Crippen LogP contribution in [0.4, 0.5) is 0 Å². The van der Waals surface area contributed by atoms with Gasteiger partial charge < -0.3 is 4.90 Å². The minimum Gasteiger partial charge on any atom is -0.342 e. The van der Waals surface area contributed by atoms with Gasteiger partial charge in [0.2, 0.25) is 5.91 Å². The maximum atomic E-state index is 12.1. The number of carbonyl (C=O) groups is 1. The van der Waals surface area contributed by atoms with Gasteiger partial charge in [0.25, 0.3) is 0 Å². The van der Waals surface area contributed by atoms with Crippen LogP contribution in [0.1, 0.15) is 40.0 Å². The van der Waals surface area contributed by atoms with Gasteiger partial charge >= 0.3 is 0 Å². The minimum atomic E-state index is 0.245. The molecule has 0 aromatic carbocycles. The van der Waals surface area contributed by atoms with E-state index < -0.39 is 0 Å². The van der Waals surface area contributed by atoms with E-state index in [-0.39, 0.29) is 16.7 Å². The zero-order valence-electron chi connectivity index (χ0n) is 10.5. The summed E-state index contributed by atoms with van der Waals surface area (Å²) in [6, 6.07) is 0. The zero-order valence-corrected chi connectivity index (χ0v) is 11.3. The summed E-state index contributed by atoms with van der Waals surface area (Å²) in [7, 11) is 0. The molecule has 0 aromatic rings. The number of rotatable bonds is 2. The minimum absolute atomic E-state index is 0.245. The van der Waals surface area contributed by atoms with Crippen LogP contribution in [0, 0.1) is 17.3 Å². The molecule has 2 rings (SSSR count). The second kappa shape index (κ2) is 4.21. The molecule has 2 fully saturated rings.